The molecular formula is C13H17O2. The van der Waals surface area contributed by atoms with Crippen LogP contribution in [0.5, 0.6) is 0 Å². The molecule has 2 nitrogen and oxygen atoms in total. The fourth-order valence-electron chi connectivity index (χ4n) is 1.56. The summed E-state index contributed by atoms with van der Waals surface area (Å²) < 4.78 is 0. The maximum Gasteiger partial charge on any atom is 0.170 e. The number of Topliss-reactive ketones (excluding diaryl/α,β-unsaturated/α-hetero) is 2. The molecule has 0 fully saturated rings. The highest BCUT2D eigenvalue weighted by atomic mass is 16.1. The fourth-order valence-corrected chi connectivity index (χ4v) is 1.56. The first-order valence-electron chi connectivity index (χ1n) is 5.48. The highest BCUT2D eigenvalue weighted by Crippen LogP contribution is 2.13. The third-order valence-corrected chi connectivity index (χ3v) is 2.46. The van der Waals surface area contributed by atoms with Crippen molar-refractivity contribution in [1.29, 1.82) is 0 Å². The van der Waals surface area contributed by atoms with E-state index < -0.39 is 0 Å². The Bertz CT molecular complexity index is 298. The molecular weight excluding hydrogens is 188 g/mol. The molecule has 0 saturated heterocycles. The Morgan fingerprint density at radius 3 is 2.80 bits per heavy atom. The summed E-state index contributed by atoms with van der Waals surface area (Å²) in [6.45, 7) is 3.74. The number of unbranched alkanes of at least 4 members (excludes halogenated alkanes) is 3. The first-order chi connectivity index (χ1) is 7.25. The standard InChI is InChI=1S/C13H17O2/c1-2-3-4-5-9-12(14)11-8-6-7-10-13(11)15/h6-8H,1-5,9-10H2. The lowest BCUT2D eigenvalue weighted by atomic mass is 9.96. The van der Waals surface area contributed by atoms with Gasteiger partial charge in [0.15, 0.2) is 11.6 Å². The van der Waals surface area contributed by atoms with E-state index in [1.165, 1.54) is 0 Å². The highest BCUT2D eigenvalue weighted by molar-refractivity contribution is 6.21. The number of hydrogen-bond acceptors (Lipinski definition) is 2. The predicted octanol–water partition coefficient (Wildman–Crippen LogP) is 2.80. The smallest absolute Gasteiger partial charge is 0.170 e. The average Bonchev–Trinajstić information content (AvgIpc) is 2.25. The molecule has 0 aromatic rings. The van der Waals surface area contributed by atoms with Gasteiger partial charge in [-0.3, -0.25) is 9.59 Å². The van der Waals surface area contributed by atoms with Gasteiger partial charge in [0.05, 0.1) is 5.57 Å². The van der Waals surface area contributed by atoms with E-state index in [0.29, 0.717) is 18.4 Å². The van der Waals surface area contributed by atoms with Crippen LogP contribution in [0.2, 0.25) is 0 Å². The molecule has 0 aromatic carbocycles. The van der Waals surface area contributed by atoms with E-state index >= 15 is 0 Å². The topological polar surface area (TPSA) is 34.1 Å². The van der Waals surface area contributed by atoms with Crippen molar-refractivity contribution in [3.05, 3.63) is 30.7 Å². The van der Waals surface area contributed by atoms with Crippen LogP contribution in [0.1, 0.15) is 38.5 Å². The SMILES string of the molecule is [CH2]CCCCCC(=O)C1=CC=CCC1=O. The largest absolute Gasteiger partial charge is 0.294 e. The van der Waals surface area contributed by atoms with Crippen LogP contribution in [0.25, 0.3) is 0 Å². The highest BCUT2D eigenvalue weighted by Gasteiger charge is 2.17. The lowest BCUT2D eigenvalue weighted by Gasteiger charge is -2.06. The van der Waals surface area contributed by atoms with Gasteiger partial charge in [-0.15, -0.1) is 0 Å². The van der Waals surface area contributed by atoms with E-state index in [1.54, 1.807) is 18.2 Å². The lowest BCUT2D eigenvalue weighted by Crippen LogP contribution is -2.13. The van der Waals surface area contributed by atoms with Gasteiger partial charge in [-0.05, 0) is 12.5 Å². The van der Waals surface area contributed by atoms with Crippen molar-refractivity contribution in [2.24, 2.45) is 0 Å². The molecule has 1 radical (unpaired) electrons. The lowest BCUT2D eigenvalue weighted by molar-refractivity contribution is -0.121. The molecule has 1 rings (SSSR count). The molecule has 1 aliphatic carbocycles. The third kappa shape index (κ3) is 3.82. The van der Waals surface area contributed by atoms with Crippen LogP contribution < -0.4 is 0 Å². The van der Waals surface area contributed by atoms with Crippen LogP contribution in [-0.4, -0.2) is 11.6 Å². The van der Waals surface area contributed by atoms with Crippen molar-refractivity contribution in [3.63, 3.8) is 0 Å². The van der Waals surface area contributed by atoms with Crippen molar-refractivity contribution in [2.45, 2.75) is 38.5 Å². The van der Waals surface area contributed by atoms with Crippen LogP contribution >= 0.6 is 0 Å². The Hall–Kier alpha value is -1.18. The van der Waals surface area contributed by atoms with Crippen LogP contribution in [0.15, 0.2) is 23.8 Å². The second-order valence-electron chi connectivity index (χ2n) is 3.72. The predicted molar refractivity (Wildman–Crippen MR) is 60.3 cm³/mol. The molecule has 0 amide bonds. The van der Waals surface area contributed by atoms with Crippen LogP contribution in [0, 0.1) is 6.92 Å². The fraction of sp³-hybridized carbons (Fsp3) is 0.462. The van der Waals surface area contributed by atoms with Crippen molar-refractivity contribution >= 4 is 11.6 Å². The molecule has 0 heterocycles. The van der Waals surface area contributed by atoms with Gasteiger partial charge < -0.3 is 0 Å². The Morgan fingerprint density at radius 1 is 1.33 bits per heavy atom. The van der Waals surface area contributed by atoms with E-state index in [0.717, 1.165) is 25.7 Å². The minimum Gasteiger partial charge on any atom is -0.294 e. The van der Waals surface area contributed by atoms with Gasteiger partial charge in [0.2, 0.25) is 0 Å². The molecule has 0 unspecified atom stereocenters. The average molecular weight is 205 g/mol. The number of carbonyl (C=O) groups is 2. The van der Waals surface area contributed by atoms with Crippen molar-refractivity contribution in [1.82, 2.24) is 0 Å². The number of hydrogen-bond donors (Lipinski definition) is 0. The van der Waals surface area contributed by atoms with Gasteiger partial charge in [0, 0.05) is 12.8 Å². The molecule has 0 N–H and O–H groups in total. The van der Waals surface area contributed by atoms with Gasteiger partial charge in [-0.25, -0.2) is 0 Å². The molecule has 81 valence electrons. The van der Waals surface area contributed by atoms with Gasteiger partial charge >= 0.3 is 0 Å². The quantitative estimate of drug-likeness (QED) is 0.493. The number of ketones is 2. The maximum absolute atomic E-state index is 11.6. The van der Waals surface area contributed by atoms with E-state index in [4.69, 9.17) is 0 Å². The number of allylic oxidation sites excluding steroid dienone is 4. The van der Waals surface area contributed by atoms with Gasteiger partial charge in [0.1, 0.15) is 0 Å². The van der Waals surface area contributed by atoms with Gasteiger partial charge in [-0.1, -0.05) is 38.3 Å². The minimum atomic E-state index is -0.0420. The Kier molecular flexibility index (Phi) is 5.02. The normalized spacial score (nSPS) is 15.3. The molecule has 2 heteroatoms. The molecule has 15 heavy (non-hydrogen) atoms. The Labute approximate surface area is 91.1 Å². The van der Waals surface area contributed by atoms with E-state index in [-0.39, 0.29) is 11.6 Å². The van der Waals surface area contributed by atoms with Crippen molar-refractivity contribution in [3.8, 4) is 0 Å². The molecule has 0 saturated carbocycles. The maximum atomic E-state index is 11.6. The summed E-state index contributed by atoms with van der Waals surface area (Å²) in [6, 6.07) is 0. The zero-order valence-corrected chi connectivity index (χ0v) is 9.00. The minimum absolute atomic E-state index is 0.00610. The van der Waals surface area contributed by atoms with E-state index in [2.05, 4.69) is 6.92 Å². The summed E-state index contributed by atoms with van der Waals surface area (Å²) in [4.78, 5) is 23.0. The first-order valence-corrected chi connectivity index (χ1v) is 5.48. The summed E-state index contributed by atoms with van der Waals surface area (Å²) in [7, 11) is 0. The van der Waals surface area contributed by atoms with Crippen LogP contribution in [-0.2, 0) is 9.59 Å². The van der Waals surface area contributed by atoms with Gasteiger partial charge in [-0.2, -0.15) is 0 Å². The summed E-state index contributed by atoms with van der Waals surface area (Å²) in [6.07, 6.45) is 9.91. The Balaban J connectivity index is 2.36. The van der Waals surface area contributed by atoms with E-state index in [1.807, 2.05) is 0 Å². The summed E-state index contributed by atoms with van der Waals surface area (Å²) >= 11 is 0. The monoisotopic (exact) mass is 205 g/mol. The molecule has 0 aliphatic heterocycles. The summed E-state index contributed by atoms with van der Waals surface area (Å²) in [5.74, 6) is -0.0481. The Morgan fingerprint density at radius 2 is 2.13 bits per heavy atom. The van der Waals surface area contributed by atoms with Gasteiger partial charge in [0.25, 0.3) is 0 Å². The van der Waals surface area contributed by atoms with Crippen LogP contribution in [0.3, 0.4) is 0 Å². The first kappa shape index (κ1) is 11.9. The molecule has 0 bridgehead atoms. The second kappa shape index (κ2) is 6.33. The third-order valence-electron chi connectivity index (χ3n) is 2.46. The molecule has 1 aliphatic rings. The molecule has 0 spiro atoms. The zero-order valence-electron chi connectivity index (χ0n) is 9.00. The molecule has 0 atom stereocenters. The summed E-state index contributed by atoms with van der Waals surface area (Å²) in [5, 5.41) is 0. The van der Waals surface area contributed by atoms with Crippen molar-refractivity contribution < 1.29 is 9.59 Å². The molecule has 0 aromatic heterocycles. The second-order valence-corrected chi connectivity index (χ2v) is 3.72. The summed E-state index contributed by atoms with van der Waals surface area (Å²) in [5.41, 5.74) is 0.382. The van der Waals surface area contributed by atoms with E-state index in [9.17, 15) is 9.59 Å². The van der Waals surface area contributed by atoms with Crippen molar-refractivity contribution in [2.75, 3.05) is 0 Å². The number of carbonyl (C=O) groups excluding carboxylic acids is 2. The van der Waals surface area contributed by atoms with Crippen LogP contribution in [0.4, 0.5) is 0 Å². The number of rotatable bonds is 6. The zero-order chi connectivity index (χ0) is 11.1.